The van der Waals surface area contributed by atoms with Crippen LogP contribution in [0.1, 0.15) is 39.0 Å². The number of sulfonamides is 1. The monoisotopic (exact) mass is 304 g/mol. The SMILES string of the molecule is COC(=O)C(C)S(=O)(=O)N(CC1CCCCN1)C1CC1. The lowest BCUT2D eigenvalue weighted by Gasteiger charge is -2.31. The molecule has 2 rings (SSSR count). The van der Waals surface area contributed by atoms with Gasteiger partial charge in [-0.3, -0.25) is 4.79 Å². The van der Waals surface area contributed by atoms with Crippen molar-refractivity contribution in [3.05, 3.63) is 0 Å². The van der Waals surface area contributed by atoms with Gasteiger partial charge in [0.05, 0.1) is 7.11 Å². The molecule has 1 aliphatic heterocycles. The summed E-state index contributed by atoms with van der Waals surface area (Å²) >= 11 is 0. The maximum atomic E-state index is 12.6. The van der Waals surface area contributed by atoms with Gasteiger partial charge in [0.15, 0.2) is 5.25 Å². The van der Waals surface area contributed by atoms with Crippen LogP contribution in [0.4, 0.5) is 0 Å². The Morgan fingerprint density at radius 3 is 2.55 bits per heavy atom. The zero-order chi connectivity index (χ0) is 14.8. The second-order valence-corrected chi connectivity index (χ2v) is 7.86. The van der Waals surface area contributed by atoms with E-state index < -0.39 is 21.2 Å². The Morgan fingerprint density at radius 2 is 2.05 bits per heavy atom. The molecule has 0 spiro atoms. The average Bonchev–Trinajstić information content (AvgIpc) is 3.28. The van der Waals surface area contributed by atoms with Crippen LogP contribution in [0.25, 0.3) is 0 Å². The van der Waals surface area contributed by atoms with Gasteiger partial charge >= 0.3 is 5.97 Å². The first-order valence-electron chi connectivity index (χ1n) is 7.28. The molecule has 0 aromatic rings. The third kappa shape index (κ3) is 3.51. The molecule has 2 unspecified atom stereocenters. The molecule has 0 aromatic carbocycles. The quantitative estimate of drug-likeness (QED) is 0.723. The first-order valence-corrected chi connectivity index (χ1v) is 8.79. The zero-order valence-corrected chi connectivity index (χ0v) is 13.0. The molecule has 2 aliphatic rings. The van der Waals surface area contributed by atoms with Crippen molar-refractivity contribution < 1.29 is 17.9 Å². The number of rotatable bonds is 6. The second-order valence-electron chi connectivity index (χ2n) is 5.66. The first-order chi connectivity index (χ1) is 9.46. The molecule has 0 aromatic heterocycles. The van der Waals surface area contributed by atoms with Gasteiger partial charge in [0.2, 0.25) is 10.0 Å². The van der Waals surface area contributed by atoms with Crippen molar-refractivity contribution in [1.82, 2.24) is 9.62 Å². The van der Waals surface area contributed by atoms with Gasteiger partial charge in [-0.25, -0.2) is 8.42 Å². The molecule has 7 heteroatoms. The predicted octanol–water partition coefficient (Wildman–Crippen LogP) is 0.484. The van der Waals surface area contributed by atoms with Crippen LogP contribution in [-0.4, -0.2) is 56.2 Å². The van der Waals surface area contributed by atoms with Crippen molar-refractivity contribution >= 4 is 16.0 Å². The van der Waals surface area contributed by atoms with E-state index in [1.807, 2.05) is 0 Å². The van der Waals surface area contributed by atoms with Crippen LogP contribution < -0.4 is 5.32 Å². The number of nitrogens with zero attached hydrogens (tertiary/aromatic N) is 1. The van der Waals surface area contributed by atoms with Crippen LogP contribution in [-0.2, 0) is 19.6 Å². The maximum Gasteiger partial charge on any atom is 0.325 e. The number of methoxy groups -OCH3 is 1. The lowest BCUT2D eigenvalue weighted by Crippen LogP contribution is -2.50. The van der Waals surface area contributed by atoms with E-state index in [-0.39, 0.29) is 12.1 Å². The molecule has 1 saturated carbocycles. The lowest BCUT2D eigenvalue weighted by atomic mass is 10.1. The van der Waals surface area contributed by atoms with E-state index in [1.54, 1.807) is 0 Å². The normalized spacial score (nSPS) is 25.4. The van der Waals surface area contributed by atoms with Crippen molar-refractivity contribution in [2.45, 2.75) is 56.4 Å². The fraction of sp³-hybridized carbons (Fsp3) is 0.923. The van der Waals surface area contributed by atoms with Gasteiger partial charge in [-0.2, -0.15) is 4.31 Å². The lowest BCUT2D eigenvalue weighted by molar-refractivity contribution is -0.139. The molecule has 116 valence electrons. The van der Waals surface area contributed by atoms with E-state index in [0.29, 0.717) is 6.54 Å². The van der Waals surface area contributed by atoms with E-state index >= 15 is 0 Å². The van der Waals surface area contributed by atoms with Gasteiger partial charge < -0.3 is 10.1 Å². The smallest absolute Gasteiger partial charge is 0.325 e. The molecule has 2 fully saturated rings. The second kappa shape index (κ2) is 6.41. The number of esters is 1. The van der Waals surface area contributed by atoms with Crippen LogP contribution in [0.15, 0.2) is 0 Å². The molecule has 1 saturated heterocycles. The van der Waals surface area contributed by atoms with E-state index in [9.17, 15) is 13.2 Å². The highest BCUT2D eigenvalue weighted by Crippen LogP contribution is 2.31. The van der Waals surface area contributed by atoms with Gasteiger partial charge in [-0.1, -0.05) is 6.42 Å². The summed E-state index contributed by atoms with van der Waals surface area (Å²) in [5, 5.41) is 2.24. The van der Waals surface area contributed by atoms with Crippen LogP contribution in [0.2, 0.25) is 0 Å². The summed E-state index contributed by atoms with van der Waals surface area (Å²) in [7, 11) is -2.41. The van der Waals surface area contributed by atoms with Gasteiger partial charge in [0.25, 0.3) is 0 Å². The minimum absolute atomic E-state index is 0.0656. The number of carbonyl (C=O) groups excluding carboxylic acids is 1. The van der Waals surface area contributed by atoms with Crippen LogP contribution in [0.5, 0.6) is 0 Å². The highest BCUT2D eigenvalue weighted by atomic mass is 32.2. The fourth-order valence-electron chi connectivity index (χ4n) is 2.61. The molecule has 1 N–H and O–H groups in total. The van der Waals surface area contributed by atoms with E-state index in [0.717, 1.165) is 38.6 Å². The van der Waals surface area contributed by atoms with Crippen LogP contribution >= 0.6 is 0 Å². The molecule has 1 heterocycles. The Balaban J connectivity index is 2.08. The van der Waals surface area contributed by atoms with Crippen molar-refractivity contribution in [2.75, 3.05) is 20.2 Å². The molecule has 1 aliphatic carbocycles. The zero-order valence-electron chi connectivity index (χ0n) is 12.2. The summed E-state index contributed by atoms with van der Waals surface area (Å²) in [6.45, 7) is 2.81. The summed E-state index contributed by atoms with van der Waals surface area (Å²) in [5.41, 5.74) is 0. The highest BCUT2D eigenvalue weighted by Gasteiger charge is 2.43. The van der Waals surface area contributed by atoms with Crippen LogP contribution in [0.3, 0.4) is 0 Å². The number of piperidine rings is 1. The molecule has 6 nitrogen and oxygen atoms in total. The van der Waals surface area contributed by atoms with Crippen molar-refractivity contribution in [3.63, 3.8) is 0 Å². The molecule has 0 bridgehead atoms. The summed E-state index contributed by atoms with van der Waals surface area (Å²) in [6.07, 6.45) is 5.04. The Labute approximate surface area is 120 Å². The molecular formula is C13H24N2O4S. The minimum atomic E-state index is -3.63. The van der Waals surface area contributed by atoms with Gasteiger partial charge in [-0.05, 0) is 39.2 Å². The predicted molar refractivity (Wildman–Crippen MR) is 75.8 cm³/mol. The third-order valence-electron chi connectivity index (χ3n) is 4.07. The molecule has 2 atom stereocenters. The number of hydrogen-bond donors (Lipinski definition) is 1. The Hall–Kier alpha value is -0.660. The topological polar surface area (TPSA) is 75.7 Å². The molecule has 20 heavy (non-hydrogen) atoms. The highest BCUT2D eigenvalue weighted by molar-refractivity contribution is 7.90. The minimum Gasteiger partial charge on any atom is -0.468 e. The summed E-state index contributed by atoms with van der Waals surface area (Å²) in [4.78, 5) is 11.6. The fourth-order valence-corrected chi connectivity index (χ4v) is 4.37. The standard InChI is InChI=1S/C13H24N2O4S/c1-10(13(16)19-2)20(17,18)15(12-6-7-12)9-11-5-3-4-8-14-11/h10-12,14H,3-9H2,1-2H3. The Bertz CT molecular complexity index is 441. The van der Waals surface area contributed by atoms with Crippen molar-refractivity contribution in [3.8, 4) is 0 Å². The Kier molecular flexibility index (Phi) is 5.04. The average molecular weight is 304 g/mol. The number of nitrogens with one attached hydrogen (secondary N) is 1. The van der Waals surface area contributed by atoms with E-state index in [1.165, 1.54) is 18.3 Å². The molecule has 0 radical (unpaired) electrons. The van der Waals surface area contributed by atoms with Crippen LogP contribution in [0, 0.1) is 0 Å². The maximum absolute atomic E-state index is 12.6. The first kappa shape index (κ1) is 15.7. The summed E-state index contributed by atoms with van der Waals surface area (Å²) in [5.74, 6) is -0.688. The van der Waals surface area contributed by atoms with Gasteiger partial charge in [-0.15, -0.1) is 0 Å². The van der Waals surface area contributed by atoms with E-state index in [4.69, 9.17) is 0 Å². The van der Waals surface area contributed by atoms with Crippen molar-refractivity contribution in [2.24, 2.45) is 0 Å². The molecular weight excluding hydrogens is 280 g/mol. The number of carbonyl (C=O) groups is 1. The Morgan fingerprint density at radius 1 is 1.35 bits per heavy atom. The van der Waals surface area contributed by atoms with Crippen molar-refractivity contribution in [1.29, 1.82) is 0 Å². The van der Waals surface area contributed by atoms with E-state index in [2.05, 4.69) is 10.1 Å². The number of hydrogen-bond acceptors (Lipinski definition) is 5. The summed E-state index contributed by atoms with van der Waals surface area (Å²) in [6, 6.07) is 0.264. The largest absolute Gasteiger partial charge is 0.468 e. The summed E-state index contributed by atoms with van der Waals surface area (Å²) < 4.78 is 31.3. The third-order valence-corrected chi connectivity index (χ3v) is 6.26. The van der Waals surface area contributed by atoms with Gasteiger partial charge in [0, 0.05) is 18.6 Å². The van der Waals surface area contributed by atoms with Gasteiger partial charge in [0.1, 0.15) is 0 Å². The molecule has 0 amide bonds. The number of ether oxygens (including phenoxy) is 1.